The van der Waals surface area contributed by atoms with E-state index < -0.39 is 0 Å². The maximum absolute atomic E-state index is 5.48. The van der Waals surface area contributed by atoms with Crippen LogP contribution in [0.25, 0.3) is 11.6 Å². The van der Waals surface area contributed by atoms with Crippen molar-refractivity contribution in [1.29, 1.82) is 0 Å². The molecule has 0 aliphatic heterocycles. The Hall–Kier alpha value is -1.75. The van der Waals surface area contributed by atoms with Gasteiger partial charge in [0.05, 0.1) is 6.54 Å². The predicted molar refractivity (Wildman–Crippen MR) is 59.6 cm³/mol. The third kappa shape index (κ3) is 2.43. The minimum absolute atomic E-state index is 0.469. The first-order chi connectivity index (χ1) is 7.79. The lowest BCUT2D eigenvalue weighted by Crippen LogP contribution is -2.11. The van der Waals surface area contributed by atoms with Crippen LogP contribution in [-0.2, 0) is 6.54 Å². The number of hydrogen-bond donors (Lipinski definition) is 1. The van der Waals surface area contributed by atoms with Crippen molar-refractivity contribution in [3.05, 3.63) is 29.8 Å². The van der Waals surface area contributed by atoms with Crippen molar-refractivity contribution < 1.29 is 4.42 Å². The van der Waals surface area contributed by atoms with Gasteiger partial charge >= 0.3 is 0 Å². The maximum Gasteiger partial charge on any atom is 0.266 e. The third-order valence-corrected chi connectivity index (χ3v) is 2.10. The smallest absolute Gasteiger partial charge is 0.266 e. The van der Waals surface area contributed by atoms with Crippen molar-refractivity contribution >= 4 is 0 Å². The van der Waals surface area contributed by atoms with E-state index in [1.165, 1.54) is 0 Å². The third-order valence-electron chi connectivity index (χ3n) is 2.10. The van der Waals surface area contributed by atoms with Crippen LogP contribution < -0.4 is 5.32 Å². The van der Waals surface area contributed by atoms with Crippen LogP contribution in [0.5, 0.6) is 0 Å². The molecule has 0 aromatic carbocycles. The fraction of sp³-hybridized carbons (Fsp3) is 0.364. The highest BCUT2D eigenvalue weighted by Gasteiger charge is 2.08. The van der Waals surface area contributed by atoms with E-state index in [0.717, 1.165) is 17.9 Å². The molecule has 0 atom stereocenters. The van der Waals surface area contributed by atoms with Gasteiger partial charge in [0, 0.05) is 5.69 Å². The average molecular weight is 218 g/mol. The van der Waals surface area contributed by atoms with Gasteiger partial charge in [-0.3, -0.25) is 0 Å². The molecule has 0 saturated carbocycles. The van der Waals surface area contributed by atoms with Crippen LogP contribution in [0.1, 0.15) is 18.5 Å². The summed E-state index contributed by atoms with van der Waals surface area (Å²) in [6, 6.07) is 5.71. The van der Waals surface area contributed by atoms with Gasteiger partial charge < -0.3 is 9.73 Å². The molecule has 2 heterocycles. The molecular weight excluding hydrogens is 204 g/mol. The molecule has 0 bridgehead atoms. The van der Waals surface area contributed by atoms with Gasteiger partial charge in [0.1, 0.15) is 5.69 Å². The Morgan fingerprint density at radius 1 is 1.31 bits per heavy atom. The number of nitrogens with one attached hydrogen (secondary N) is 1. The maximum atomic E-state index is 5.48. The summed E-state index contributed by atoms with van der Waals surface area (Å²) in [6.07, 6.45) is 0. The van der Waals surface area contributed by atoms with Gasteiger partial charge in [-0.1, -0.05) is 13.0 Å². The molecule has 0 amide bonds. The monoisotopic (exact) mass is 218 g/mol. The molecule has 0 radical (unpaired) electrons. The Kier molecular flexibility index (Phi) is 3.26. The first-order valence-electron chi connectivity index (χ1n) is 5.26. The van der Waals surface area contributed by atoms with Crippen molar-refractivity contribution in [1.82, 2.24) is 20.5 Å². The van der Waals surface area contributed by atoms with Crippen LogP contribution in [0, 0.1) is 6.92 Å². The number of aryl methyl sites for hydroxylation is 1. The van der Waals surface area contributed by atoms with Crippen molar-refractivity contribution in [3.8, 4) is 11.6 Å². The fourth-order valence-electron chi connectivity index (χ4n) is 1.32. The van der Waals surface area contributed by atoms with E-state index in [2.05, 4.69) is 20.5 Å². The number of aromatic nitrogens is 3. The summed E-state index contributed by atoms with van der Waals surface area (Å²) in [5, 5.41) is 11.0. The largest absolute Gasteiger partial charge is 0.418 e. The Morgan fingerprint density at radius 2 is 2.19 bits per heavy atom. The van der Waals surface area contributed by atoms with Gasteiger partial charge in [-0.2, -0.15) is 0 Å². The van der Waals surface area contributed by atoms with Crippen LogP contribution >= 0.6 is 0 Å². The second-order valence-corrected chi connectivity index (χ2v) is 3.45. The minimum atomic E-state index is 0.469. The Labute approximate surface area is 93.9 Å². The van der Waals surface area contributed by atoms with E-state index in [1.807, 2.05) is 32.0 Å². The van der Waals surface area contributed by atoms with E-state index in [9.17, 15) is 0 Å². The molecule has 2 aromatic heterocycles. The minimum Gasteiger partial charge on any atom is -0.418 e. The topological polar surface area (TPSA) is 63.8 Å². The van der Waals surface area contributed by atoms with Crippen molar-refractivity contribution in [2.75, 3.05) is 6.54 Å². The summed E-state index contributed by atoms with van der Waals surface area (Å²) in [5.41, 5.74) is 1.65. The molecular formula is C11H14N4O. The summed E-state index contributed by atoms with van der Waals surface area (Å²) in [4.78, 5) is 4.32. The molecule has 0 fully saturated rings. The quantitative estimate of drug-likeness (QED) is 0.843. The van der Waals surface area contributed by atoms with Gasteiger partial charge in [0.25, 0.3) is 5.89 Å². The summed E-state index contributed by atoms with van der Waals surface area (Å²) in [6.45, 7) is 5.43. The van der Waals surface area contributed by atoms with E-state index >= 15 is 0 Å². The summed E-state index contributed by atoms with van der Waals surface area (Å²) >= 11 is 0. The van der Waals surface area contributed by atoms with Gasteiger partial charge in [0.15, 0.2) is 0 Å². The lowest BCUT2D eigenvalue weighted by Gasteiger charge is -1.96. The molecule has 0 aliphatic rings. The lowest BCUT2D eigenvalue weighted by atomic mass is 10.3. The van der Waals surface area contributed by atoms with Gasteiger partial charge in [-0.05, 0) is 25.6 Å². The molecule has 2 rings (SSSR count). The number of pyridine rings is 1. The summed E-state index contributed by atoms with van der Waals surface area (Å²) in [5.74, 6) is 1.05. The van der Waals surface area contributed by atoms with Crippen molar-refractivity contribution in [3.63, 3.8) is 0 Å². The molecule has 0 spiro atoms. The molecule has 84 valence electrons. The number of rotatable bonds is 4. The Balaban J connectivity index is 2.18. The highest BCUT2D eigenvalue weighted by Crippen LogP contribution is 2.15. The van der Waals surface area contributed by atoms with E-state index in [4.69, 9.17) is 4.42 Å². The van der Waals surface area contributed by atoms with Crippen molar-refractivity contribution in [2.45, 2.75) is 20.4 Å². The zero-order valence-corrected chi connectivity index (χ0v) is 9.40. The van der Waals surface area contributed by atoms with Crippen LogP contribution in [-0.4, -0.2) is 21.7 Å². The number of hydrogen-bond acceptors (Lipinski definition) is 5. The first-order valence-corrected chi connectivity index (χ1v) is 5.26. The second kappa shape index (κ2) is 4.85. The van der Waals surface area contributed by atoms with Gasteiger partial charge in [0.2, 0.25) is 5.89 Å². The molecule has 16 heavy (non-hydrogen) atoms. The fourth-order valence-corrected chi connectivity index (χ4v) is 1.32. The number of nitrogens with zero attached hydrogens (tertiary/aromatic N) is 3. The Morgan fingerprint density at radius 3 is 2.94 bits per heavy atom. The molecule has 5 nitrogen and oxygen atoms in total. The molecule has 0 saturated heterocycles. The van der Waals surface area contributed by atoms with Gasteiger partial charge in [-0.15, -0.1) is 10.2 Å². The molecule has 0 aliphatic carbocycles. The zero-order valence-electron chi connectivity index (χ0n) is 9.40. The second-order valence-electron chi connectivity index (χ2n) is 3.45. The van der Waals surface area contributed by atoms with Crippen LogP contribution in [0.3, 0.4) is 0 Å². The first kappa shape index (κ1) is 10.8. The molecule has 1 N–H and O–H groups in total. The van der Waals surface area contributed by atoms with Crippen LogP contribution in [0.15, 0.2) is 22.6 Å². The molecule has 0 unspecified atom stereocenters. The van der Waals surface area contributed by atoms with E-state index in [-0.39, 0.29) is 0 Å². The highest BCUT2D eigenvalue weighted by molar-refractivity contribution is 5.45. The lowest BCUT2D eigenvalue weighted by molar-refractivity contribution is 0.481. The standard InChI is InChI=1S/C11H14N4O/c1-3-12-7-10-14-15-11(16-10)9-6-4-5-8(2)13-9/h4-6,12H,3,7H2,1-2H3. The zero-order chi connectivity index (χ0) is 11.4. The summed E-state index contributed by atoms with van der Waals surface area (Å²) < 4.78 is 5.48. The van der Waals surface area contributed by atoms with E-state index in [0.29, 0.717) is 18.3 Å². The van der Waals surface area contributed by atoms with Crippen molar-refractivity contribution in [2.24, 2.45) is 0 Å². The van der Waals surface area contributed by atoms with Crippen LogP contribution in [0.2, 0.25) is 0 Å². The normalized spacial score (nSPS) is 10.6. The van der Waals surface area contributed by atoms with E-state index in [1.54, 1.807) is 0 Å². The molecule has 2 aromatic rings. The van der Waals surface area contributed by atoms with Crippen LogP contribution in [0.4, 0.5) is 0 Å². The SMILES string of the molecule is CCNCc1nnc(-c2cccc(C)n2)o1. The predicted octanol–water partition coefficient (Wildman–Crippen LogP) is 1.55. The highest BCUT2D eigenvalue weighted by atomic mass is 16.4. The Bertz CT molecular complexity index is 467. The van der Waals surface area contributed by atoms with Gasteiger partial charge in [-0.25, -0.2) is 4.98 Å². The average Bonchev–Trinajstić information content (AvgIpc) is 2.75. The summed E-state index contributed by atoms with van der Waals surface area (Å²) in [7, 11) is 0. The molecule has 5 heteroatoms.